The van der Waals surface area contributed by atoms with Gasteiger partial charge in [0.2, 0.25) is 0 Å². The second-order valence-corrected chi connectivity index (χ2v) is 2.37. The van der Waals surface area contributed by atoms with E-state index in [1.807, 2.05) is 0 Å². The van der Waals surface area contributed by atoms with Crippen molar-refractivity contribution in [3.8, 4) is 12.1 Å². The second-order valence-electron chi connectivity index (χ2n) is 2.37. The highest BCUT2D eigenvalue weighted by molar-refractivity contribution is 5.78. The molecule has 0 radical (unpaired) electrons. The van der Waals surface area contributed by atoms with E-state index in [9.17, 15) is 0 Å². The molecule has 0 aliphatic heterocycles. The second kappa shape index (κ2) is 4.48. The van der Waals surface area contributed by atoms with E-state index in [-0.39, 0.29) is 11.4 Å². The van der Waals surface area contributed by atoms with Gasteiger partial charge in [0.25, 0.3) is 0 Å². The number of aliphatic imine (C=N–C) groups is 1. The minimum atomic E-state index is -0.185. The quantitative estimate of drug-likeness (QED) is 0.522. The lowest BCUT2D eigenvalue weighted by atomic mass is 10.4. The van der Waals surface area contributed by atoms with Crippen molar-refractivity contribution in [2.45, 2.75) is 0 Å². The Bertz CT molecular complexity index is 439. The number of nitrogens with zero attached hydrogens (tertiary/aromatic N) is 3. The zero-order chi connectivity index (χ0) is 10.4. The van der Waals surface area contributed by atoms with Crippen molar-refractivity contribution in [1.29, 1.82) is 10.5 Å². The van der Waals surface area contributed by atoms with Crippen molar-refractivity contribution in [2.24, 2.45) is 10.7 Å². The van der Waals surface area contributed by atoms with E-state index < -0.39 is 0 Å². The van der Waals surface area contributed by atoms with Crippen LogP contribution < -0.4 is 5.73 Å². The predicted octanol–water partition coefficient (Wildman–Crippen LogP) is 0.651. The fourth-order valence-corrected chi connectivity index (χ4v) is 0.770. The van der Waals surface area contributed by atoms with Crippen LogP contribution >= 0.6 is 0 Å². The lowest BCUT2D eigenvalue weighted by Crippen LogP contribution is -1.97. The SMILES string of the molecule is N#C/C(N)=C(\C#N)N=Cc1ccc[nH]1. The zero-order valence-corrected chi connectivity index (χ0v) is 7.23. The molecule has 0 aliphatic rings. The van der Waals surface area contributed by atoms with E-state index in [0.717, 1.165) is 5.69 Å². The highest BCUT2D eigenvalue weighted by Gasteiger charge is 1.98. The number of hydrogen-bond donors (Lipinski definition) is 2. The lowest BCUT2D eigenvalue weighted by Gasteiger charge is -1.89. The molecule has 0 bridgehead atoms. The van der Waals surface area contributed by atoms with Crippen molar-refractivity contribution in [2.75, 3.05) is 0 Å². The van der Waals surface area contributed by atoms with Crippen LogP contribution in [0, 0.1) is 22.7 Å². The average Bonchev–Trinajstić information content (AvgIpc) is 2.71. The number of H-pyrrole nitrogens is 1. The van der Waals surface area contributed by atoms with Gasteiger partial charge in [-0.15, -0.1) is 0 Å². The van der Waals surface area contributed by atoms with Crippen molar-refractivity contribution >= 4 is 6.21 Å². The van der Waals surface area contributed by atoms with E-state index in [0.29, 0.717) is 0 Å². The Labute approximate surface area is 80.8 Å². The van der Waals surface area contributed by atoms with Gasteiger partial charge in [-0.25, -0.2) is 4.99 Å². The van der Waals surface area contributed by atoms with Gasteiger partial charge in [0.05, 0.1) is 11.9 Å². The maximum Gasteiger partial charge on any atom is 0.174 e. The summed E-state index contributed by atoms with van der Waals surface area (Å²) in [6.45, 7) is 0. The Morgan fingerprint density at radius 3 is 2.79 bits per heavy atom. The summed E-state index contributed by atoms with van der Waals surface area (Å²) < 4.78 is 0. The van der Waals surface area contributed by atoms with E-state index in [1.165, 1.54) is 6.21 Å². The minimum Gasteiger partial charge on any atom is -0.388 e. The molecule has 0 fully saturated rings. The molecule has 0 saturated carbocycles. The molecule has 0 saturated heterocycles. The molecule has 0 spiro atoms. The van der Waals surface area contributed by atoms with Gasteiger partial charge in [0.15, 0.2) is 5.70 Å². The summed E-state index contributed by atoms with van der Waals surface area (Å²) in [6.07, 6.45) is 3.16. The molecule has 1 heterocycles. The fraction of sp³-hybridized carbons (Fsp3) is 0. The molecule has 0 amide bonds. The summed E-state index contributed by atoms with van der Waals surface area (Å²) in [5, 5.41) is 17.0. The van der Waals surface area contributed by atoms with Gasteiger partial charge in [-0.1, -0.05) is 0 Å². The van der Waals surface area contributed by atoms with Crippen molar-refractivity contribution in [3.05, 3.63) is 35.4 Å². The predicted molar refractivity (Wildman–Crippen MR) is 50.8 cm³/mol. The third-order valence-electron chi connectivity index (χ3n) is 1.44. The van der Waals surface area contributed by atoms with Crippen molar-refractivity contribution < 1.29 is 0 Å². The summed E-state index contributed by atoms with van der Waals surface area (Å²) in [5.74, 6) is 0. The third-order valence-corrected chi connectivity index (χ3v) is 1.44. The molecule has 3 N–H and O–H groups in total. The number of nitrogens with one attached hydrogen (secondary N) is 1. The molecular formula is C9H7N5. The molecule has 1 rings (SSSR count). The van der Waals surface area contributed by atoms with Crippen LogP contribution in [0.5, 0.6) is 0 Å². The van der Waals surface area contributed by atoms with Gasteiger partial charge in [-0.05, 0) is 12.1 Å². The normalized spacial score (nSPS) is 11.9. The summed E-state index contributed by atoms with van der Waals surface area (Å²) in [6, 6.07) is 6.97. The van der Waals surface area contributed by atoms with Crippen LogP contribution in [0.25, 0.3) is 0 Å². The third kappa shape index (κ3) is 2.23. The van der Waals surface area contributed by atoms with Crippen molar-refractivity contribution in [1.82, 2.24) is 4.98 Å². The first-order valence-corrected chi connectivity index (χ1v) is 3.75. The first-order valence-electron chi connectivity index (χ1n) is 3.75. The molecular weight excluding hydrogens is 178 g/mol. The maximum atomic E-state index is 8.59. The topological polar surface area (TPSA) is 102 Å². The van der Waals surface area contributed by atoms with E-state index in [2.05, 4.69) is 9.98 Å². The number of aromatic nitrogens is 1. The summed E-state index contributed by atoms with van der Waals surface area (Å²) in [7, 11) is 0. The summed E-state index contributed by atoms with van der Waals surface area (Å²) in [4.78, 5) is 6.64. The van der Waals surface area contributed by atoms with Crippen LogP contribution in [-0.4, -0.2) is 11.2 Å². The van der Waals surface area contributed by atoms with E-state index in [4.69, 9.17) is 16.3 Å². The molecule has 0 aromatic carbocycles. The highest BCUT2D eigenvalue weighted by Crippen LogP contribution is 1.99. The van der Waals surface area contributed by atoms with Gasteiger partial charge >= 0.3 is 0 Å². The van der Waals surface area contributed by atoms with Crippen LogP contribution in [0.2, 0.25) is 0 Å². The number of nitrogens with two attached hydrogens (primary N) is 1. The van der Waals surface area contributed by atoms with Gasteiger partial charge in [0.1, 0.15) is 17.8 Å². The number of aromatic amines is 1. The molecule has 5 nitrogen and oxygen atoms in total. The maximum absolute atomic E-state index is 8.59. The standard InChI is InChI=1S/C9H7N5/c10-4-8(12)9(5-11)14-6-7-2-1-3-13-7/h1-3,6,13H,12H2/b9-8-,14-6?. The molecule has 0 unspecified atom stereocenters. The average molecular weight is 185 g/mol. The summed E-state index contributed by atoms with van der Waals surface area (Å²) >= 11 is 0. The van der Waals surface area contributed by atoms with Crippen LogP contribution in [-0.2, 0) is 0 Å². The monoisotopic (exact) mass is 185 g/mol. The molecule has 5 heteroatoms. The van der Waals surface area contributed by atoms with Crippen LogP contribution in [0.4, 0.5) is 0 Å². The Hall–Kier alpha value is -2.53. The lowest BCUT2D eigenvalue weighted by molar-refractivity contribution is 1.26. The van der Waals surface area contributed by atoms with Gasteiger partial charge in [-0.2, -0.15) is 10.5 Å². The van der Waals surface area contributed by atoms with E-state index in [1.54, 1.807) is 30.5 Å². The minimum absolute atomic E-state index is 0.0814. The Balaban J connectivity index is 2.89. The Kier molecular flexibility index (Phi) is 3.06. The fourth-order valence-electron chi connectivity index (χ4n) is 0.770. The Morgan fingerprint density at radius 2 is 2.29 bits per heavy atom. The smallest absolute Gasteiger partial charge is 0.174 e. The molecule has 1 aromatic rings. The van der Waals surface area contributed by atoms with Crippen molar-refractivity contribution in [3.63, 3.8) is 0 Å². The number of nitriles is 2. The largest absolute Gasteiger partial charge is 0.388 e. The van der Waals surface area contributed by atoms with E-state index >= 15 is 0 Å². The summed E-state index contributed by atoms with van der Waals surface area (Å²) in [5.41, 5.74) is 5.71. The first kappa shape index (κ1) is 9.56. The number of hydrogen-bond acceptors (Lipinski definition) is 4. The molecule has 1 aromatic heterocycles. The van der Waals surface area contributed by atoms with Crippen LogP contribution in [0.3, 0.4) is 0 Å². The van der Waals surface area contributed by atoms with Gasteiger partial charge < -0.3 is 10.7 Å². The first-order chi connectivity index (χ1) is 6.77. The number of rotatable bonds is 2. The molecule has 0 atom stereocenters. The highest BCUT2D eigenvalue weighted by atomic mass is 14.8. The molecule has 14 heavy (non-hydrogen) atoms. The molecule has 68 valence electrons. The Morgan fingerprint density at radius 1 is 1.50 bits per heavy atom. The van der Waals surface area contributed by atoms with Crippen LogP contribution in [0.15, 0.2) is 34.7 Å². The molecule has 0 aliphatic carbocycles. The van der Waals surface area contributed by atoms with Crippen LogP contribution in [0.1, 0.15) is 5.69 Å². The van der Waals surface area contributed by atoms with Gasteiger partial charge in [0, 0.05) is 6.20 Å². The number of allylic oxidation sites excluding steroid dienone is 2. The van der Waals surface area contributed by atoms with Gasteiger partial charge in [-0.3, -0.25) is 0 Å². The zero-order valence-electron chi connectivity index (χ0n) is 7.23.